The van der Waals surface area contributed by atoms with Gasteiger partial charge < -0.3 is 10.0 Å². The quantitative estimate of drug-likeness (QED) is 0.911. The lowest BCUT2D eigenvalue weighted by atomic mass is 9.91. The standard InChI is InChI=1S/C14H18ClNO2/c1-10-5-6-12(13(15)9-10)14(18)16(7-8-17)11-3-2-4-11/h5-6,9,11,17H,2-4,7-8H2,1H3. The van der Waals surface area contributed by atoms with Crippen LogP contribution in [0.25, 0.3) is 0 Å². The molecule has 0 unspecified atom stereocenters. The maximum atomic E-state index is 12.4. The number of nitrogens with zero attached hydrogens (tertiary/aromatic N) is 1. The molecule has 1 aliphatic carbocycles. The molecule has 0 saturated heterocycles. The van der Waals surface area contributed by atoms with Crippen molar-refractivity contribution in [3.8, 4) is 0 Å². The van der Waals surface area contributed by atoms with Crippen LogP contribution in [0.3, 0.4) is 0 Å². The van der Waals surface area contributed by atoms with Gasteiger partial charge in [-0.05, 0) is 43.9 Å². The summed E-state index contributed by atoms with van der Waals surface area (Å²) >= 11 is 6.12. The van der Waals surface area contributed by atoms with Gasteiger partial charge in [0.2, 0.25) is 0 Å². The lowest BCUT2D eigenvalue weighted by molar-refractivity contribution is 0.0526. The second kappa shape index (κ2) is 5.72. The minimum Gasteiger partial charge on any atom is -0.395 e. The average Bonchev–Trinajstić information content (AvgIpc) is 2.25. The van der Waals surface area contributed by atoms with Crippen LogP contribution in [0.1, 0.15) is 35.2 Å². The van der Waals surface area contributed by atoms with Gasteiger partial charge in [-0.3, -0.25) is 4.79 Å². The second-order valence-electron chi connectivity index (χ2n) is 4.79. The first-order valence-corrected chi connectivity index (χ1v) is 6.69. The molecule has 2 rings (SSSR count). The summed E-state index contributed by atoms with van der Waals surface area (Å²) in [6.45, 7) is 2.32. The normalized spacial score (nSPS) is 15.3. The van der Waals surface area contributed by atoms with Crippen LogP contribution in [0.15, 0.2) is 18.2 Å². The molecule has 0 aliphatic heterocycles. The number of amides is 1. The molecule has 98 valence electrons. The number of aryl methyl sites for hydroxylation is 1. The fraction of sp³-hybridized carbons (Fsp3) is 0.500. The Morgan fingerprint density at radius 2 is 2.22 bits per heavy atom. The molecule has 4 heteroatoms. The molecule has 0 radical (unpaired) electrons. The highest BCUT2D eigenvalue weighted by molar-refractivity contribution is 6.33. The zero-order valence-corrected chi connectivity index (χ0v) is 11.3. The Balaban J connectivity index is 2.21. The van der Waals surface area contributed by atoms with Crippen molar-refractivity contribution in [2.75, 3.05) is 13.2 Å². The van der Waals surface area contributed by atoms with Crippen molar-refractivity contribution in [2.24, 2.45) is 0 Å². The van der Waals surface area contributed by atoms with Gasteiger partial charge in [-0.2, -0.15) is 0 Å². The molecule has 3 nitrogen and oxygen atoms in total. The van der Waals surface area contributed by atoms with Crippen molar-refractivity contribution in [1.82, 2.24) is 4.90 Å². The Morgan fingerprint density at radius 1 is 1.50 bits per heavy atom. The molecule has 1 fully saturated rings. The summed E-state index contributed by atoms with van der Waals surface area (Å²) < 4.78 is 0. The van der Waals surface area contributed by atoms with Crippen LogP contribution < -0.4 is 0 Å². The van der Waals surface area contributed by atoms with Crippen LogP contribution in [0.4, 0.5) is 0 Å². The van der Waals surface area contributed by atoms with Gasteiger partial charge in [0.1, 0.15) is 0 Å². The molecule has 0 atom stereocenters. The third kappa shape index (κ3) is 2.68. The first kappa shape index (κ1) is 13.4. The molecule has 0 bridgehead atoms. The fourth-order valence-electron chi connectivity index (χ4n) is 2.20. The summed E-state index contributed by atoms with van der Waals surface area (Å²) in [5.41, 5.74) is 1.57. The van der Waals surface area contributed by atoms with E-state index in [1.807, 2.05) is 13.0 Å². The van der Waals surface area contributed by atoms with Gasteiger partial charge in [-0.25, -0.2) is 0 Å². The fourth-order valence-corrected chi connectivity index (χ4v) is 2.52. The second-order valence-corrected chi connectivity index (χ2v) is 5.20. The first-order valence-electron chi connectivity index (χ1n) is 6.31. The van der Waals surface area contributed by atoms with E-state index >= 15 is 0 Å². The Morgan fingerprint density at radius 3 is 2.72 bits per heavy atom. The van der Waals surface area contributed by atoms with E-state index in [-0.39, 0.29) is 18.6 Å². The van der Waals surface area contributed by atoms with Crippen molar-refractivity contribution >= 4 is 17.5 Å². The SMILES string of the molecule is Cc1ccc(C(=O)N(CCO)C2CCC2)c(Cl)c1. The summed E-state index contributed by atoms with van der Waals surface area (Å²) in [6, 6.07) is 5.72. The van der Waals surface area contributed by atoms with Crippen LogP contribution in [0.2, 0.25) is 5.02 Å². The molecule has 1 N–H and O–H groups in total. The van der Waals surface area contributed by atoms with Gasteiger partial charge in [0.15, 0.2) is 0 Å². The van der Waals surface area contributed by atoms with E-state index in [1.54, 1.807) is 17.0 Å². The van der Waals surface area contributed by atoms with Gasteiger partial charge in [0.05, 0.1) is 17.2 Å². The summed E-state index contributed by atoms with van der Waals surface area (Å²) in [5.74, 6) is -0.0706. The monoisotopic (exact) mass is 267 g/mol. The first-order chi connectivity index (χ1) is 8.63. The number of aliphatic hydroxyl groups excluding tert-OH is 1. The van der Waals surface area contributed by atoms with Crippen molar-refractivity contribution in [3.05, 3.63) is 34.3 Å². The zero-order valence-electron chi connectivity index (χ0n) is 10.5. The van der Waals surface area contributed by atoms with Gasteiger partial charge in [0, 0.05) is 12.6 Å². The number of benzene rings is 1. The van der Waals surface area contributed by atoms with E-state index in [0.29, 0.717) is 17.1 Å². The Bertz CT molecular complexity index is 443. The molecule has 0 heterocycles. The minimum atomic E-state index is -0.0706. The summed E-state index contributed by atoms with van der Waals surface area (Å²) in [6.07, 6.45) is 3.20. The van der Waals surface area contributed by atoms with Crippen molar-refractivity contribution < 1.29 is 9.90 Å². The van der Waals surface area contributed by atoms with Crippen LogP contribution in [-0.4, -0.2) is 35.1 Å². The molecule has 18 heavy (non-hydrogen) atoms. The maximum Gasteiger partial charge on any atom is 0.255 e. The van der Waals surface area contributed by atoms with E-state index < -0.39 is 0 Å². The predicted molar refractivity (Wildman–Crippen MR) is 72.0 cm³/mol. The number of carbonyl (C=O) groups excluding carboxylic acids is 1. The summed E-state index contributed by atoms with van der Waals surface area (Å²) in [4.78, 5) is 14.2. The lowest BCUT2D eigenvalue weighted by Crippen LogP contribution is -2.45. The topological polar surface area (TPSA) is 40.5 Å². The van der Waals surface area contributed by atoms with Crippen LogP contribution in [0.5, 0.6) is 0 Å². The smallest absolute Gasteiger partial charge is 0.255 e. The van der Waals surface area contributed by atoms with Crippen LogP contribution in [0, 0.1) is 6.92 Å². The summed E-state index contributed by atoms with van der Waals surface area (Å²) in [5, 5.41) is 9.58. The van der Waals surface area contributed by atoms with Crippen molar-refractivity contribution in [3.63, 3.8) is 0 Å². The molecule has 1 aliphatic rings. The molecule has 1 amide bonds. The van der Waals surface area contributed by atoms with Crippen molar-refractivity contribution in [1.29, 1.82) is 0 Å². The number of aliphatic hydroxyl groups is 1. The molecule has 1 saturated carbocycles. The van der Waals surface area contributed by atoms with Crippen LogP contribution >= 0.6 is 11.6 Å². The number of rotatable bonds is 4. The molecule has 0 aromatic heterocycles. The molecular weight excluding hydrogens is 250 g/mol. The Labute approximate surface area is 112 Å². The number of halogens is 1. The van der Waals surface area contributed by atoms with E-state index in [2.05, 4.69) is 0 Å². The van der Waals surface area contributed by atoms with Gasteiger partial charge in [-0.15, -0.1) is 0 Å². The van der Waals surface area contributed by atoms with Gasteiger partial charge >= 0.3 is 0 Å². The van der Waals surface area contributed by atoms with E-state index in [4.69, 9.17) is 16.7 Å². The number of hydrogen-bond acceptors (Lipinski definition) is 2. The Kier molecular flexibility index (Phi) is 4.25. The minimum absolute atomic E-state index is 0.00821. The summed E-state index contributed by atoms with van der Waals surface area (Å²) in [7, 11) is 0. The molecular formula is C14H18ClNO2. The van der Waals surface area contributed by atoms with Crippen molar-refractivity contribution in [2.45, 2.75) is 32.2 Å². The average molecular weight is 268 g/mol. The zero-order chi connectivity index (χ0) is 13.1. The van der Waals surface area contributed by atoms with Gasteiger partial charge in [-0.1, -0.05) is 17.7 Å². The largest absolute Gasteiger partial charge is 0.395 e. The predicted octanol–water partition coefficient (Wildman–Crippen LogP) is 2.64. The lowest BCUT2D eigenvalue weighted by Gasteiger charge is -2.37. The van der Waals surface area contributed by atoms with E-state index in [0.717, 1.165) is 24.8 Å². The van der Waals surface area contributed by atoms with Crippen LogP contribution in [-0.2, 0) is 0 Å². The highest BCUT2D eigenvalue weighted by Crippen LogP contribution is 2.28. The number of hydrogen-bond donors (Lipinski definition) is 1. The van der Waals surface area contributed by atoms with E-state index in [1.165, 1.54) is 0 Å². The Hall–Kier alpha value is -1.06. The molecule has 0 spiro atoms. The van der Waals surface area contributed by atoms with Gasteiger partial charge in [0.25, 0.3) is 5.91 Å². The molecule has 1 aromatic rings. The van der Waals surface area contributed by atoms with E-state index in [9.17, 15) is 4.79 Å². The highest BCUT2D eigenvalue weighted by atomic mass is 35.5. The molecule has 1 aromatic carbocycles. The highest BCUT2D eigenvalue weighted by Gasteiger charge is 2.29. The maximum absolute atomic E-state index is 12.4. The third-order valence-electron chi connectivity index (χ3n) is 3.47. The number of carbonyl (C=O) groups is 1. The third-order valence-corrected chi connectivity index (χ3v) is 3.78.